The number of hydrogen-bond donors (Lipinski definition) is 2. The van der Waals surface area contributed by atoms with Crippen LogP contribution < -0.4 is 11.1 Å². The van der Waals surface area contributed by atoms with Crippen LogP contribution in [0, 0.1) is 5.92 Å². The van der Waals surface area contributed by atoms with Crippen molar-refractivity contribution in [2.24, 2.45) is 11.7 Å². The molecule has 25 heavy (non-hydrogen) atoms. The maximum Gasteiger partial charge on any atom is 0.262 e. The molecule has 0 bridgehead atoms. The molecular formula is C21H30N2OS. The van der Waals surface area contributed by atoms with Gasteiger partial charge in [-0.05, 0) is 42.2 Å². The zero-order valence-electron chi connectivity index (χ0n) is 15.3. The molecule has 1 heterocycles. The second-order valence-corrected chi connectivity index (χ2v) is 7.66. The summed E-state index contributed by atoms with van der Waals surface area (Å²) < 4.78 is 0. The van der Waals surface area contributed by atoms with Gasteiger partial charge in [0, 0.05) is 0 Å². The summed E-state index contributed by atoms with van der Waals surface area (Å²) in [5, 5.41) is 5.06. The summed E-state index contributed by atoms with van der Waals surface area (Å²) >= 11 is 1.45. The summed E-state index contributed by atoms with van der Waals surface area (Å²) in [6.45, 7) is 4.27. The van der Waals surface area contributed by atoms with Gasteiger partial charge in [-0.3, -0.25) is 4.79 Å². The van der Waals surface area contributed by atoms with Crippen molar-refractivity contribution in [1.29, 1.82) is 0 Å². The van der Waals surface area contributed by atoms with E-state index in [4.69, 9.17) is 5.73 Å². The van der Waals surface area contributed by atoms with Gasteiger partial charge in [0.05, 0.1) is 10.5 Å². The van der Waals surface area contributed by atoms with Crippen LogP contribution in [0.15, 0.2) is 47.8 Å². The highest BCUT2D eigenvalue weighted by Gasteiger charge is 2.34. The zero-order chi connectivity index (χ0) is 18.1. The fourth-order valence-electron chi connectivity index (χ4n) is 3.24. The third kappa shape index (κ3) is 5.68. The third-order valence-electron chi connectivity index (χ3n) is 4.89. The molecule has 2 aromatic rings. The molecule has 0 aliphatic rings. The molecule has 2 unspecified atom stereocenters. The number of carbonyl (C=O) groups excluding carboxylic acids is 1. The Balaban J connectivity index is 2.16. The largest absolute Gasteiger partial charge is 0.333 e. The van der Waals surface area contributed by atoms with Crippen LogP contribution in [-0.2, 0) is 6.42 Å². The van der Waals surface area contributed by atoms with Crippen molar-refractivity contribution in [3.8, 4) is 0 Å². The molecule has 0 aliphatic carbocycles. The Bertz CT molecular complexity index is 627. The highest BCUT2D eigenvalue weighted by molar-refractivity contribution is 7.12. The molecule has 0 spiro atoms. The van der Waals surface area contributed by atoms with Gasteiger partial charge in [0.2, 0.25) is 0 Å². The second kappa shape index (κ2) is 9.73. The van der Waals surface area contributed by atoms with E-state index in [1.807, 2.05) is 23.6 Å². The van der Waals surface area contributed by atoms with Gasteiger partial charge in [-0.15, -0.1) is 11.3 Å². The van der Waals surface area contributed by atoms with Crippen molar-refractivity contribution in [2.75, 3.05) is 0 Å². The van der Waals surface area contributed by atoms with E-state index in [9.17, 15) is 4.79 Å². The minimum absolute atomic E-state index is 0.0621. The smallest absolute Gasteiger partial charge is 0.262 e. The SMILES string of the molecule is CCCCCC(Cc1ccccc1)C(N)(CC)NC(=O)c1cccs1. The van der Waals surface area contributed by atoms with Crippen molar-refractivity contribution < 1.29 is 4.79 Å². The third-order valence-corrected chi connectivity index (χ3v) is 5.75. The van der Waals surface area contributed by atoms with Gasteiger partial charge in [0.15, 0.2) is 0 Å². The van der Waals surface area contributed by atoms with Crippen LogP contribution in [0.2, 0.25) is 0 Å². The maximum absolute atomic E-state index is 12.6. The first-order valence-electron chi connectivity index (χ1n) is 9.28. The predicted octanol–water partition coefficient (Wildman–Crippen LogP) is 4.98. The number of nitrogens with one attached hydrogen (secondary N) is 1. The van der Waals surface area contributed by atoms with Crippen LogP contribution >= 0.6 is 11.3 Å². The standard InChI is InChI=1S/C21H30N2OS/c1-3-5-7-13-18(16-17-11-8-6-9-12-17)21(22,4-2)23-20(24)19-14-10-15-25-19/h6,8-12,14-15,18H,3-5,7,13,16,22H2,1-2H3,(H,23,24). The minimum Gasteiger partial charge on any atom is -0.333 e. The molecule has 0 saturated carbocycles. The second-order valence-electron chi connectivity index (χ2n) is 6.71. The molecule has 0 fully saturated rings. The normalized spacial score (nSPS) is 14.7. The van der Waals surface area contributed by atoms with Crippen molar-refractivity contribution >= 4 is 17.2 Å². The van der Waals surface area contributed by atoms with Gasteiger partial charge in [-0.1, -0.05) is 69.5 Å². The molecule has 2 atom stereocenters. The van der Waals surface area contributed by atoms with Crippen LogP contribution in [-0.4, -0.2) is 11.6 Å². The lowest BCUT2D eigenvalue weighted by atomic mass is 9.81. The number of thiophene rings is 1. The number of amides is 1. The van der Waals surface area contributed by atoms with Crippen LogP contribution in [0.1, 0.15) is 61.2 Å². The first kappa shape index (κ1) is 19.7. The number of hydrogen-bond acceptors (Lipinski definition) is 3. The molecule has 0 radical (unpaired) electrons. The minimum atomic E-state index is -0.690. The molecular weight excluding hydrogens is 328 g/mol. The summed E-state index contributed by atoms with van der Waals surface area (Å²) in [7, 11) is 0. The summed E-state index contributed by atoms with van der Waals surface area (Å²) in [6, 6.07) is 14.2. The predicted molar refractivity (Wildman–Crippen MR) is 107 cm³/mol. The van der Waals surface area contributed by atoms with Gasteiger partial charge in [0.1, 0.15) is 0 Å². The monoisotopic (exact) mass is 358 g/mol. The molecule has 1 aromatic carbocycles. The number of nitrogens with two attached hydrogens (primary N) is 1. The topological polar surface area (TPSA) is 55.1 Å². The van der Waals surface area contributed by atoms with Crippen LogP contribution in [0.3, 0.4) is 0 Å². The van der Waals surface area contributed by atoms with Gasteiger partial charge in [-0.25, -0.2) is 0 Å². The van der Waals surface area contributed by atoms with E-state index in [0.717, 1.165) is 24.1 Å². The van der Waals surface area contributed by atoms with E-state index in [1.165, 1.54) is 29.7 Å². The van der Waals surface area contributed by atoms with Gasteiger partial charge >= 0.3 is 0 Å². The van der Waals surface area contributed by atoms with E-state index in [-0.39, 0.29) is 11.8 Å². The average Bonchev–Trinajstić information content (AvgIpc) is 3.16. The van der Waals surface area contributed by atoms with Gasteiger partial charge < -0.3 is 11.1 Å². The number of carbonyl (C=O) groups is 1. The van der Waals surface area contributed by atoms with E-state index in [0.29, 0.717) is 6.42 Å². The first-order chi connectivity index (χ1) is 12.1. The van der Waals surface area contributed by atoms with Gasteiger partial charge in [0.25, 0.3) is 5.91 Å². The molecule has 0 aliphatic heterocycles. The fraction of sp³-hybridized carbons (Fsp3) is 0.476. The lowest BCUT2D eigenvalue weighted by Crippen LogP contribution is -2.60. The zero-order valence-corrected chi connectivity index (χ0v) is 16.1. The lowest BCUT2D eigenvalue weighted by Gasteiger charge is -2.38. The summed E-state index contributed by atoms with van der Waals surface area (Å²) in [5.74, 6) is 0.156. The first-order valence-corrected chi connectivity index (χ1v) is 10.2. The Morgan fingerprint density at radius 3 is 2.52 bits per heavy atom. The highest BCUT2D eigenvalue weighted by Crippen LogP contribution is 2.27. The van der Waals surface area contributed by atoms with Crippen molar-refractivity contribution in [3.63, 3.8) is 0 Å². The Morgan fingerprint density at radius 1 is 1.16 bits per heavy atom. The summed E-state index contributed by atoms with van der Waals surface area (Å²) in [5.41, 5.74) is 7.34. The lowest BCUT2D eigenvalue weighted by molar-refractivity contribution is 0.0842. The molecule has 0 saturated heterocycles. The van der Waals surface area contributed by atoms with Crippen molar-refractivity contribution in [3.05, 3.63) is 58.3 Å². The number of unbranched alkanes of at least 4 members (excludes halogenated alkanes) is 2. The summed E-state index contributed by atoms with van der Waals surface area (Å²) in [4.78, 5) is 13.3. The Hall–Kier alpha value is -1.65. The number of rotatable bonds is 10. The van der Waals surface area contributed by atoms with E-state index < -0.39 is 5.66 Å². The van der Waals surface area contributed by atoms with Crippen LogP contribution in [0.5, 0.6) is 0 Å². The van der Waals surface area contributed by atoms with E-state index in [1.54, 1.807) is 0 Å². The molecule has 1 amide bonds. The number of benzene rings is 1. The molecule has 2 rings (SSSR count). The Morgan fingerprint density at radius 2 is 1.92 bits per heavy atom. The molecule has 1 aromatic heterocycles. The molecule has 3 N–H and O–H groups in total. The maximum atomic E-state index is 12.6. The fourth-order valence-corrected chi connectivity index (χ4v) is 3.86. The highest BCUT2D eigenvalue weighted by atomic mass is 32.1. The Kier molecular flexibility index (Phi) is 7.66. The summed E-state index contributed by atoms with van der Waals surface area (Å²) in [6.07, 6.45) is 6.15. The van der Waals surface area contributed by atoms with E-state index >= 15 is 0 Å². The molecule has 4 heteroatoms. The Labute approximate surface area is 155 Å². The van der Waals surface area contributed by atoms with Crippen LogP contribution in [0.25, 0.3) is 0 Å². The van der Waals surface area contributed by atoms with Crippen molar-refractivity contribution in [1.82, 2.24) is 5.32 Å². The average molecular weight is 359 g/mol. The van der Waals surface area contributed by atoms with E-state index in [2.05, 4.69) is 43.4 Å². The molecule has 3 nitrogen and oxygen atoms in total. The van der Waals surface area contributed by atoms with Gasteiger partial charge in [-0.2, -0.15) is 0 Å². The van der Waals surface area contributed by atoms with Crippen LogP contribution in [0.4, 0.5) is 0 Å². The molecule has 136 valence electrons. The van der Waals surface area contributed by atoms with Crippen molar-refractivity contribution in [2.45, 2.75) is 58.0 Å². The quantitative estimate of drug-likeness (QED) is 0.465.